The zero-order valence-corrected chi connectivity index (χ0v) is 15.0. The van der Waals surface area contributed by atoms with Crippen molar-refractivity contribution in [2.75, 3.05) is 11.6 Å². The van der Waals surface area contributed by atoms with Gasteiger partial charge >= 0.3 is 0 Å². The minimum absolute atomic E-state index is 0.0135. The first kappa shape index (κ1) is 17.3. The summed E-state index contributed by atoms with van der Waals surface area (Å²) >= 11 is 0. The van der Waals surface area contributed by atoms with Crippen LogP contribution in [0.3, 0.4) is 0 Å². The van der Waals surface area contributed by atoms with Gasteiger partial charge in [0, 0.05) is 25.4 Å². The molecule has 0 spiro atoms. The van der Waals surface area contributed by atoms with Crippen molar-refractivity contribution >= 4 is 23.2 Å². The minimum Gasteiger partial charge on any atom is -0.354 e. The maximum absolute atomic E-state index is 12.8. The molecule has 0 aromatic heterocycles. The molecule has 2 aliphatic heterocycles. The summed E-state index contributed by atoms with van der Waals surface area (Å²) in [5, 5.41) is 12.4. The maximum Gasteiger partial charge on any atom is 0.267 e. The van der Waals surface area contributed by atoms with Crippen LogP contribution in [0.2, 0.25) is 0 Å². The van der Waals surface area contributed by atoms with Crippen LogP contribution < -0.4 is 15.6 Å². The van der Waals surface area contributed by atoms with Gasteiger partial charge < -0.3 is 10.6 Å². The summed E-state index contributed by atoms with van der Waals surface area (Å²) in [6.45, 7) is 0.475. The quantitative estimate of drug-likeness (QED) is 0.877. The number of hydrogen-bond donors (Lipinski definition) is 2. The third-order valence-electron chi connectivity index (χ3n) is 4.98. The average Bonchev–Trinajstić information content (AvgIpc) is 3.17. The van der Waals surface area contributed by atoms with Gasteiger partial charge in [0.15, 0.2) is 0 Å². The number of piperidine rings is 1. The van der Waals surface area contributed by atoms with E-state index in [9.17, 15) is 9.59 Å². The van der Waals surface area contributed by atoms with Crippen LogP contribution in [0.15, 0.2) is 65.8 Å². The van der Waals surface area contributed by atoms with Crippen molar-refractivity contribution in [2.45, 2.75) is 31.3 Å². The van der Waals surface area contributed by atoms with E-state index in [0.29, 0.717) is 31.5 Å². The highest BCUT2D eigenvalue weighted by Crippen LogP contribution is 2.35. The SMILES string of the molecule is O=C1CCC(NC(=O)C2=NN(c3ccccc3)C(c3ccccc3)C2)CN1. The molecule has 2 N–H and O–H groups in total. The van der Waals surface area contributed by atoms with E-state index >= 15 is 0 Å². The lowest BCUT2D eigenvalue weighted by atomic mass is 10.0. The van der Waals surface area contributed by atoms with Crippen LogP contribution in [0.25, 0.3) is 0 Å². The van der Waals surface area contributed by atoms with Crippen LogP contribution in [-0.2, 0) is 9.59 Å². The van der Waals surface area contributed by atoms with Crippen molar-refractivity contribution < 1.29 is 9.59 Å². The Morgan fingerprint density at radius 1 is 1.07 bits per heavy atom. The Morgan fingerprint density at radius 2 is 1.78 bits per heavy atom. The molecule has 4 rings (SSSR count). The molecule has 2 aromatic carbocycles. The number of hydrazone groups is 1. The third kappa shape index (κ3) is 3.84. The van der Waals surface area contributed by atoms with Gasteiger partial charge in [-0.1, -0.05) is 48.5 Å². The minimum atomic E-state index is -0.157. The summed E-state index contributed by atoms with van der Waals surface area (Å²) < 4.78 is 0. The molecule has 27 heavy (non-hydrogen) atoms. The molecule has 6 nitrogen and oxygen atoms in total. The van der Waals surface area contributed by atoms with E-state index in [1.54, 1.807) is 0 Å². The highest BCUT2D eigenvalue weighted by atomic mass is 16.2. The van der Waals surface area contributed by atoms with Crippen molar-refractivity contribution in [1.29, 1.82) is 0 Å². The number of carbonyl (C=O) groups excluding carboxylic acids is 2. The second-order valence-electron chi connectivity index (χ2n) is 6.87. The van der Waals surface area contributed by atoms with Gasteiger partial charge in [0.2, 0.25) is 5.91 Å². The Labute approximate surface area is 158 Å². The Bertz CT molecular complexity index is 841. The molecular weight excluding hydrogens is 340 g/mol. The van der Waals surface area contributed by atoms with Crippen molar-refractivity contribution in [2.24, 2.45) is 5.10 Å². The number of amides is 2. The van der Waals surface area contributed by atoms with Crippen LogP contribution in [0.4, 0.5) is 5.69 Å². The summed E-state index contributed by atoms with van der Waals surface area (Å²) in [6.07, 6.45) is 1.65. The van der Waals surface area contributed by atoms with Crippen LogP contribution in [-0.4, -0.2) is 30.1 Å². The first-order chi connectivity index (χ1) is 13.2. The highest BCUT2D eigenvalue weighted by molar-refractivity contribution is 6.39. The number of anilines is 1. The molecule has 0 saturated carbocycles. The Morgan fingerprint density at radius 3 is 2.44 bits per heavy atom. The molecule has 6 heteroatoms. The number of para-hydroxylation sites is 1. The molecule has 138 valence electrons. The molecule has 1 fully saturated rings. The summed E-state index contributed by atoms with van der Waals surface area (Å²) in [5.41, 5.74) is 2.60. The summed E-state index contributed by atoms with van der Waals surface area (Å²) in [7, 11) is 0. The third-order valence-corrected chi connectivity index (χ3v) is 4.98. The predicted octanol–water partition coefficient (Wildman–Crippen LogP) is 2.39. The number of nitrogens with zero attached hydrogens (tertiary/aromatic N) is 2. The molecule has 0 bridgehead atoms. The van der Waals surface area contributed by atoms with E-state index in [-0.39, 0.29) is 23.9 Å². The lowest BCUT2D eigenvalue weighted by molar-refractivity contribution is -0.123. The van der Waals surface area contributed by atoms with Gasteiger partial charge in [0.05, 0.1) is 11.7 Å². The van der Waals surface area contributed by atoms with E-state index in [1.165, 1.54) is 0 Å². The molecular formula is C21H22N4O2. The standard InChI is InChI=1S/C21H22N4O2/c26-20-12-11-16(14-22-20)23-21(27)18-13-19(15-7-3-1-4-8-15)25(24-18)17-9-5-2-6-10-17/h1-10,16,19H,11-14H2,(H,22,26)(H,23,27). The van der Waals surface area contributed by atoms with E-state index in [4.69, 9.17) is 0 Å². The van der Waals surface area contributed by atoms with Gasteiger partial charge in [0.25, 0.3) is 5.91 Å². The fraction of sp³-hybridized carbons (Fsp3) is 0.286. The fourth-order valence-electron chi connectivity index (χ4n) is 3.53. The predicted molar refractivity (Wildman–Crippen MR) is 104 cm³/mol. The highest BCUT2D eigenvalue weighted by Gasteiger charge is 2.33. The van der Waals surface area contributed by atoms with Crippen molar-refractivity contribution in [3.63, 3.8) is 0 Å². The Balaban J connectivity index is 1.54. The number of benzene rings is 2. The lowest BCUT2D eigenvalue weighted by Gasteiger charge is -2.23. The molecule has 1 saturated heterocycles. The number of hydrogen-bond acceptors (Lipinski definition) is 4. The molecule has 0 aliphatic carbocycles. The van der Waals surface area contributed by atoms with Gasteiger partial charge in [-0.25, -0.2) is 0 Å². The molecule has 2 aromatic rings. The monoisotopic (exact) mass is 362 g/mol. The van der Waals surface area contributed by atoms with Gasteiger partial charge in [-0.05, 0) is 24.1 Å². The van der Waals surface area contributed by atoms with Crippen LogP contribution in [0, 0.1) is 0 Å². The largest absolute Gasteiger partial charge is 0.354 e. The number of carbonyl (C=O) groups is 2. The van der Waals surface area contributed by atoms with Crippen molar-refractivity contribution in [3.05, 3.63) is 66.2 Å². The van der Waals surface area contributed by atoms with Crippen LogP contribution in [0.1, 0.15) is 30.9 Å². The molecule has 2 unspecified atom stereocenters. The van der Waals surface area contributed by atoms with E-state index < -0.39 is 0 Å². The summed E-state index contributed by atoms with van der Waals surface area (Å²) in [5.74, 6) is -0.117. The zero-order chi connectivity index (χ0) is 18.6. The second-order valence-corrected chi connectivity index (χ2v) is 6.87. The lowest BCUT2D eigenvalue weighted by Crippen LogP contribution is -2.49. The fourth-order valence-corrected chi connectivity index (χ4v) is 3.53. The van der Waals surface area contributed by atoms with Gasteiger partial charge in [-0.15, -0.1) is 0 Å². The Hall–Kier alpha value is -3.15. The molecule has 0 radical (unpaired) electrons. The van der Waals surface area contributed by atoms with Crippen LogP contribution in [0.5, 0.6) is 0 Å². The normalized spacial score (nSPS) is 22.1. The molecule has 2 heterocycles. The zero-order valence-electron chi connectivity index (χ0n) is 15.0. The van der Waals surface area contributed by atoms with Gasteiger partial charge in [0.1, 0.15) is 5.71 Å². The van der Waals surface area contributed by atoms with E-state index in [2.05, 4.69) is 27.9 Å². The first-order valence-electron chi connectivity index (χ1n) is 9.25. The molecule has 2 amide bonds. The molecule has 2 atom stereocenters. The average molecular weight is 362 g/mol. The topological polar surface area (TPSA) is 73.8 Å². The van der Waals surface area contributed by atoms with E-state index in [0.717, 1.165) is 11.3 Å². The van der Waals surface area contributed by atoms with Crippen molar-refractivity contribution in [3.8, 4) is 0 Å². The molecule has 2 aliphatic rings. The summed E-state index contributed by atoms with van der Waals surface area (Å²) in [6, 6.07) is 19.9. The Kier molecular flexibility index (Phi) is 4.87. The first-order valence-corrected chi connectivity index (χ1v) is 9.25. The number of nitrogens with one attached hydrogen (secondary N) is 2. The van der Waals surface area contributed by atoms with Crippen molar-refractivity contribution in [1.82, 2.24) is 10.6 Å². The van der Waals surface area contributed by atoms with Gasteiger partial charge in [-0.3, -0.25) is 14.6 Å². The van der Waals surface area contributed by atoms with Crippen LogP contribution >= 0.6 is 0 Å². The number of rotatable bonds is 4. The maximum atomic E-state index is 12.8. The second kappa shape index (κ2) is 7.61. The summed E-state index contributed by atoms with van der Waals surface area (Å²) in [4.78, 5) is 24.1. The smallest absolute Gasteiger partial charge is 0.267 e. The van der Waals surface area contributed by atoms with Gasteiger partial charge in [-0.2, -0.15) is 5.10 Å². The van der Waals surface area contributed by atoms with E-state index in [1.807, 2.05) is 53.5 Å².